The van der Waals surface area contributed by atoms with Crippen molar-refractivity contribution < 1.29 is 17.6 Å². The van der Waals surface area contributed by atoms with E-state index in [2.05, 4.69) is 20.2 Å². The van der Waals surface area contributed by atoms with Crippen molar-refractivity contribution in [2.45, 2.75) is 37.4 Å². The van der Waals surface area contributed by atoms with E-state index < -0.39 is 32.7 Å². The molecular formula is C16H22FN5O3S3. The molecule has 2 aromatic rings. The van der Waals surface area contributed by atoms with Crippen LogP contribution in [0.3, 0.4) is 0 Å². The van der Waals surface area contributed by atoms with E-state index in [1.54, 1.807) is 4.57 Å². The second-order valence-corrected chi connectivity index (χ2v) is 8.85. The third-order valence-electron chi connectivity index (χ3n) is 3.93. The molecule has 1 aromatic heterocycles. The molecule has 12 heteroatoms. The van der Waals surface area contributed by atoms with E-state index in [9.17, 15) is 17.6 Å². The lowest BCUT2D eigenvalue weighted by molar-refractivity contribution is -0.123. The number of amides is 1. The van der Waals surface area contributed by atoms with Crippen LogP contribution in [-0.4, -0.2) is 47.1 Å². The van der Waals surface area contributed by atoms with Crippen LogP contribution in [0.1, 0.15) is 19.2 Å². The third kappa shape index (κ3) is 5.63. The van der Waals surface area contributed by atoms with E-state index in [-0.39, 0.29) is 13.0 Å². The van der Waals surface area contributed by atoms with Gasteiger partial charge in [0, 0.05) is 6.54 Å². The molecule has 0 radical (unpaired) electrons. The first-order valence-electron chi connectivity index (χ1n) is 8.47. The number of H-pyrrole nitrogens is 1. The summed E-state index contributed by atoms with van der Waals surface area (Å²) >= 11 is 6.57. The van der Waals surface area contributed by atoms with E-state index in [0.29, 0.717) is 22.9 Å². The summed E-state index contributed by atoms with van der Waals surface area (Å²) in [6.45, 7) is 2.55. The summed E-state index contributed by atoms with van der Waals surface area (Å²) in [5.74, 6) is -0.324. The second-order valence-electron chi connectivity index (χ2n) is 5.79. The first-order chi connectivity index (χ1) is 13.3. The number of carbonyl (C=O) groups is 1. The number of nitrogens with one attached hydrogen (secondary N) is 3. The van der Waals surface area contributed by atoms with Crippen LogP contribution in [0.2, 0.25) is 0 Å². The quantitative estimate of drug-likeness (QED) is 0.480. The van der Waals surface area contributed by atoms with Crippen molar-refractivity contribution in [3.05, 3.63) is 40.7 Å². The molecule has 1 heterocycles. The fourth-order valence-electron chi connectivity index (χ4n) is 2.49. The van der Waals surface area contributed by atoms with Crippen LogP contribution in [0.25, 0.3) is 0 Å². The average Bonchev–Trinajstić information content (AvgIpc) is 3.02. The number of hydrogen-bond acceptors (Lipinski definition) is 6. The lowest BCUT2D eigenvalue weighted by atomic mass is 10.2. The minimum Gasteiger partial charge on any atom is -0.347 e. The first kappa shape index (κ1) is 22.5. The average molecular weight is 448 g/mol. The lowest BCUT2D eigenvalue weighted by Gasteiger charge is -2.18. The number of nitrogens with zero attached hydrogens (tertiary/aromatic N) is 2. The molecule has 0 aliphatic carbocycles. The highest BCUT2D eigenvalue weighted by Crippen LogP contribution is 2.15. The molecule has 1 amide bonds. The van der Waals surface area contributed by atoms with Gasteiger partial charge in [0.2, 0.25) is 15.9 Å². The molecule has 3 N–H and O–H groups in total. The minimum absolute atomic E-state index is 0.0804. The second kappa shape index (κ2) is 10.1. The zero-order valence-electron chi connectivity index (χ0n) is 15.4. The molecule has 0 spiro atoms. The fourth-order valence-corrected chi connectivity index (χ4v) is 4.55. The topological polar surface area (TPSA) is 109 Å². The van der Waals surface area contributed by atoms with Gasteiger partial charge in [-0.3, -0.25) is 9.89 Å². The van der Waals surface area contributed by atoms with E-state index in [0.717, 1.165) is 12.1 Å². The van der Waals surface area contributed by atoms with Gasteiger partial charge in [0.05, 0.1) is 6.54 Å². The minimum atomic E-state index is -4.20. The number of hydrogen-bond donors (Lipinski definition) is 3. The Balaban J connectivity index is 2.14. The van der Waals surface area contributed by atoms with E-state index in [4.69, 9.17) is 12.2 Å². The Hall–Kier alpha value is -1.76. The summed E-state index contributed by atoms with van der Waals surface area (Å²) in [5, 5.41) is 9.37. The van der Waals surface area contributed by atoms with Crippen LogP contribution in [-0.2, 0) is 27.9 Å². The van der Waals surface area contributed by atoms with Crippen molar-refractivity contribution in [1.29, 1.82) is 0 Å². The van der Waals surface area contributed by atoms with Gasteiger partial charge in [-0.1, -0.05) is 12.1 Å². The van der Waals surface area contributed by atoms with Crippen LogP contribution in [0.4, 0.5) is 4.39 Å². The number of sulfonamides is 1. The molecule has 8 nitrogen and oxygen atoms in total. The Morgan fingerprint density at radius 3 is 2.79 bits per heavy atom. The zero-order valence-corrected chi connectivity index (χ0v) is 17.9. The SMILES string of the molecule is CCn1c(CNC(=O)C(CCSC)NS(=O)(=O)c2ccccc2F)n[nH]c1=S. The van der Waals surface area contributed by atoms with Gasteiger partial charge in [0.1, 0.15) is 16.8 Å². The predicted octanol–water partition coefficient (Wildman–Crippen LogP) is 1.82. The normalized spacial score (nSPS) is 12.7. The smallest absolute Gasteiger partial charge is 0.244 e. The Bertz CT molecular complexity index is 974. The maximum absolute atomic E-state index is 13.9. The molecule has 0 aliphatic rings. The lowest BCUT2D eigenvalue weighted by Crippen LogP contribution is -2.47. The summed E-state index contributed by atoms with van der Waals surface area (Å²) in [4.78, 5) is 12.1. The number of aromatic nitrogens is 3. The summed E-state index contributed by atoms with van der Waals surface area (Å²) < 4.78 is 43.4. The number of aromatic amines is 1. The Labute approximate surface area is 172 Å². The maximum Gasteiger partial charge on any atom is 0.244 e. The van der Waals surface area contributed by atoms with Gasteiger partial charge in [-0.15, -0.1) is 0 Å². The standard InChI is InChI=1S/C16H22FN5O3S3/c1-3-22-14(19-20-16(22)26)10-18-15(23)12(8-9-27-2)21-28(24,25)13-7-5-4-6-11(13)17/h4-7,12,21H,3,8-10H2,1-2H3,(H,18,23)(H,20,26). The molecule has 0 bridgehead atoms. The molecule has 154 valence electrons. The summed E-state index contributed by atoms with van der Waals surface area (Å²) in [6, 6.07) is 3.97. The molecular weight excluding hydrogens is 425 g/mol. The Morgan fingerprint density at radius 2 is 2.14 bits per heavy atom. The first-order valence-corrected chi connectivity index (χ1v) is 11.8. The monoisotopic (exact) mass is 447 g/mol. The van der Waals surface area contributed by atoms with Gasteiger partial charge >= 0.3 is 0 Å². The van der Waals surface area contributed by atoms with Crippen molar-refractivity contribution in [2.75, 3.05) is 12.0 Å². The number of thioether (sulfide) groups is 1. The molecule has 0 saturated heterocycles. The molecule has 2 rings (SSSR count). The number of carbonyl (C=O) groups excluding carboxylic acids is 1. The van der Waals surface area contributed by atoms with Gasteiger partial charge in [-0.2, -0.15) is 21.6 Å². The number of benzene rings is 1. The molecule has 0 fully saturated rings. The van der Waals surface area contributed by atoms with Crippen molar-refractivity contribution in [2.24, 2.45) is 0 Å². The molecule has 0 aliphatic heterocycles. The highest BCUT2D eigenvalue weighted by atomic mass is 32.2. The Kier molecular flexibility index (Phi) is 8.16. The van der Waals surface area contributed by atoms with Gasteiger partial charge in [-0.05, 0) is 49.7 Å². The fraction of sp³-hybridized carbons (Fsp3) is 0.438. The maximum atomic E-state index is 13.9. The number of rotatable bonds is 10. The van der Waals surface area contributed by atoms with Gasteiger partial charge < -0.3 is 9.88 Å². The molecule has 0 saturated carbocycles. The molecule has 1 aromatic carbocycles. The van der Waals surface area contributed by atoms with Crippen LogP contribution in [0.15, 0.2) is 29.2 Å². The summed E-state index contributed by atoms with van der Waals surface area (Å²) in [6.07, 6.45) is 2.10. The molecule has 28 heavy (non-hydrogen) atoms. The summed E-state index contributed by atoms with van der Waals surface area (Å²) in [7, 11) is -4.20. The van der Waals surface area contributed by atoms with Gasteiger partial charge in [0.15, 0.2) is 10.6 Å². The van der Waals surface area contributed by atoms with Gasteiger partial charge in [0.25, 0.3) is 0 Å². The van der Waals surface area contributed by atoms with Crippen LogP contribution in [0, 0.1) is 10.6 Å². The summed E-state index contributed by atoms with van der Waals surface area (Å²) in [5.41, 5.74) is 0. The predicted molar refractivity (Wildman–Crippen MR) is 108 cm³/mol. The van der Waals surface area contributed by atoms with Crippen molar-refractivity contribution >= 4 is 39.9 Å². The zero-order chi connectivity index (χ0) is 20.7. The Morgan fingerprint density at radius 1 is 1.43 bits per heavy atom. The van der Waals surface area contributed by atoms with Crippen LogP contribution < -0.4 is 10.0 Å². The largest absolute Gasteiger partial charge is 0.347 e. The van der Waals surface area contributed by atoms with Crippen molar-refractivity contribution in [1.82, 2.24) is 24.8 Å². The third-order valence-corrected chi connectivity index (χ3v) is 6.39. The van der Waals surface area contributed by atoms with E-state index in [1.807, 2.05) is 13.2 Å². The van der Waals surface area contributed by atoms with Crippen LogP contribution >= 0.6 is 24.0 Å². The number of halogens is 1. The molecule has 1 atom stereocenters. The van der Waals surface area contributed by atoms with Gasteiger partial charge in [-0.25, -0.2) is 12.8 Å². The van der Waals surface area contributed by atoms with Crippen molar-refractivity contribution in [3.8, 4) is 0 Å². The molecule has 1 unspecified atom stereocenters. The highest BCUT2D eigenvalue weighted by molar-refractivity contribution is 7.98. The van der Waals surface area contributed by atoms with E-state index >= 15 is 0 Å². The highest BCUT2D eigenvalue weighted by Gasteiger charge is 2.27. The van der Waals surface area contributed by atoms with Crippen molar-refractivity contribution in [3.63, 3.8) is 0 Å². The van der Waals surface area contributed by atoms with Crippen LogP contribution in [0.5, 0.6) is 0 Å². The van der Waals surface area contributed by atoms with E-state index in [1.165, 1.54) is 23.9 Å².